The van der Waals surface area contributed by atoms with E-state index in [0.29, 0.717) is 6.61 Å². The molecule has 104 valence electrons. The average molecular weight is 266 g/mol. The molecule has 0 aromatic carbocycles. The fourth-order valence-electron chi connectivity index (χ4n) is 1.74. The Balaban J connectivity index is 2.85. The maximum Gasteiger partial charge on any atom is 0.0431 e. The first-order chi connectivity index (χ1) is 8.41. The molecule has 0 bridgehead atoms. The van der Waals surface area contributed by atoms with E-state index in [-0.39, 0.29) is 0 Å². The molecule has 2 N–H and O–H groups in total. The number of hydrogen-bond acceptors (Lipinski definition) is 5. The molecule has 0 spiro atoms. The van der Waals surface area contributed by atoms with E-state index in [4.69, 9.17) is 10.4 Å². The number of rotatable bonds is 14. The van der Waals surface area contributed by atoms with Crippen molar-refractivity contribution in [2.24, 2.45) is 0 Å². The molecule has 0 aromatic rings. The maximum atomic E-state index is 8.61. The Bertz CT molecular complexity index is 122. The van der Waals surface area contributed by atoms with Crippen LogP contribution in [0.3, 0.4) is 0 Å². The molecule has 0 atom stereocenters. The molecule has 0 fully saturated rings. The van der Waals surface area contributed by atoms with Gasteiger partial charge in [-0.15, -0.1) is 4.33 Å². The Hall–Kier alpha value is 0.190. The van der Waals surface area contributed by atoms with E-state index in [1.54, 1.807) is 0 Å². The predicted molar refractivity (Wildman–Crippen MR) is 70.5 cm³/mol. The van der Waals surface area contributed by atoms with Gasteiger partial charge in [0.15, 0.2) is 0 Å². The first-order valence-corrected chi connectivity index (χ1v) is 7.53. The van der Waals surface area contributed by atoms with Crippen LogP contribution >= 0.6 is 12.0 Å². The van der Waals surface area contributed by atoms with Gasteiger partial charge in [0.1, 0.15) is 0 Å². The van der Waals surface area contributed by atoms with Gasteiger partial charge in [0.05, 0.1) is 0 Å². The van der Waals surface area contributed by atoms with E-state index >= 15 is 0 Å². The SMILES string of the molecule is OCCCCCCCCCCCCSOOO. The van der Waals surface area contributed by atoms with Crippen LogP contribution in [0.15, 0.2) is 0 Å². The van der Waals surface area contributed by atoms with Crippen molar-refractivity contribution < 1.29 is 19.7 Å². The number of aliphatic hydroxyl groups excluding tert-OH is 1. The van der Waals surface area contributed by atoms with Gasteiger partial charge in [0.25, 0.3) is 0 Å². The van der Waals surface area contributed by atoms with Crippen molar-refractivity contribution in [2.75, 3.05) is 12.4 Å². The van der Waals surface area contributed by atoms with Crippen LogP contribution in [0.2, 0.25) is 0 Å². The van der Waals surface area contributed by atoms with Gasteiger partial charge in [0.2, 0.25) is 0 Å². The lowest BCUT2D eigenvalue weighted by Crippen LogP contribution is -1.86. The van der Waals surface area contributed by atoms with Gasteiger partial charge in [-0.1, -0.05) is 56.4 Å². The van der Waals surface area contributed by atoms with Gasteiger partial charge in [-0.25, -0.2) is 5.26 Å². The molecule has 0 aliphatic carbocycles. The lowest BCUT2D eigenvalue weighted by atomic mass is 10.1. The van der Waals surface area contributed by atoms with Crippen molar-refractivity contribution in [2.45, 2.75) is 64.2 Å². The highest BCUT2D eigenvalue weighted by Crippen LogP contribution is 2.12. The van der Waals surface area contributed by atoms with Crippen LogP contribution in [0.1, 0.15) is 64.2 Å². The highest BCUT2D eigenvalue weighted by atomic mass is 32.2. The number of unbranched alkanes of at least 4 members (excludes halogenated alkanes) is 9. The average Bonchev–Trinajstić information content (AvgIpc) is 2.35. The summed E-state index contributed by atoms with van der Waals surface area (Å²) in [7, 11) is 0. The fourth-order valence-corrected chi connectivity index (χ4v) is 2.18. The summed E-state index contributed by atoms with van der Waals surface area (Å²) >= 11 is 1.14. The van der Waals surface area contributed by atoms with Crippen LogP contribution in [-0.2, 0) is 9.37 Å². The highest BCUT2D eigenvalue weighted by Gasteiger charge is 1.94. The smallest absolute Gasteiger partial charge is 0.0431 e. The lowest BCUT2D eigenvalue weighted by molar-refractivity contribution is -0.432. The summed E-state index contributed by atoms with van der Waals surface area (Å²) in [6.45, 7) is 0.336. The normalized spacial score (nSPS) is 10.9. The largest absolute Gasteiger partial charge is 0.396 e. The highest BCUT2D eigenvalue weighted by molar-refractivity contribution is 7.94. The summed E-state index contributed by atoms with van der Waals surface area (Å²) in [6.07, 6.45) is 12.2. The molecule has 0 unspecified atom stereocenters. The van der Waals surface area contributed by atoms with E-state index in [9.17, 15) is 0 Å². The zero-order valence-corrected chi connectivity index (χ0v) is 11.4. The molecular formula is C12H26O4S. The summed E-state index contributed by atoms with van der Waals surface area (Å²) in [4.78, 5) is 0. The summed E-state index contributed by atoms with van der Waals surface area (Å²) in [5.41, 5.74) is 0. The van der Waals surface area contributed by atoms with Gasteiger partial charge in [-0.3, -0.25) is 0 Å². The maximum absolute atomic E-state index is 8.61. The van der Waals surface area contributed by atoms with Crippen molar-refractivity contribution in [3.63, 3.8) is 0 Å². The minimum absolute atomic E-state index is 0.336. The molecule has 0 saturated heterocycles. The second-order valence-electron chi connectivity index (χ2n) is 4.22. The van der Waals surface area contributed by atoms with Crippen LogP contribution in [0, 0.1) is 0 Å². The summed E-state index contributed by atoms with van der Waals surface area (Å²) in [5, 5.41) is 20.0. The first kappa shape index (κ1) is 17.2. The molecule has 0 heterocycles. The Morgan fingerprint density at radius 3 is 1.65 bits per heavy atom. The lowest BCUT2D eigenvalue weighted by Gasteiger charge is -2.02. The topological polar surface area (TPSA) is 58.9 Å². The second-order valence-corrected chi connectivity index (χ2v) is 5.00. The van der Waals surface area contributed by atoms with Crippen molar-refractivity contribution in [1.82, 2.24) is 0 Å². The third-order valence-corrected chi connectivity index (χ3v) is 3.33. The van der Waals surface area contributed by atoms with Crippen molar-refractivity contribution in [3.05, 3.63) is 0 Å². The van der Waals surface area contributed by atoms with Gasteiger partial charge < -0.3 is 5.11 Å². The minimum atomic E-state index is 0.336. The molecule has 4 nitrogen and oxygen atoms in total. The Kier molecular flexibility index (Phi) is 16.4. The van der Waals surface area contributed by atoms with Crippen LogP contribution in [0.25, 0.3) is 0 Å². The summed E-state index contributed by atoms with van der Waals surface area (Å²) in [5.74, 6) is 0.863. The second kappa shape index (κ2) is 16.2. The van der Waals surface area contributed by atoms with E-state index in [1.165, 1.54) is 51.4 Å². The Morgan fingerprint density at radius 2 is 1.18 bits per heavy atom. The first-order valence-electron chi connectivity index (χ1n) is 6.62. The molecule has 0 amide bonds. The summed E-state index contributed by atoms with van der Waals surface area (Å²) in [6, 6.07) is 0. The zero-order chi connectivity index (χ0) is 12.6. The zero-order valence-electron chi connectivity index (χ0n) is 10.6. The van der Waals surface area contributed by atoms with Gasteiger partial charge in [0, 0.05) is 24.4 Å². The molecule has 0 rings (SSSR count). The summed E-state index contributed by atoms with van der Waals surface area (Å²) < 4.78 is 4.28. The van der Waals surface area contributed by atoms with E-state index in [1.807, 2.05) is 0 Å². The molecular weight excluding hydrogens is 240 g/mol. The van der Waals surface area contributed by atoms with E-state index in [0.717, 1.165) is 30.6 Å². The third kappa shape index (κ3) is 16.2. The van der Waals surface area contributed by atoms with E-state index in [2.05, 4.69) is 9.37 Å². The van der Waals surface area contributed by atoms with Crippen molar-refractivity contribution in [3.8, 4) is 0 Å². The van der Waals surface area contributed by atoms with Gasteiger partial charge in [-0.2, -0.15) is 0 Å². The van der Waals surface area contributed by atoms with E-state index < -0.39 is 0 Å². The third-order valence-electron chi connectivity index (χ3n) is 2.71. The monoisotopic (exact) mass is 266 g/mol. The molecule has 0 aliphatic rings. The molecule has 0 aliphatic heterocycles. The minimum Gasteiger partial charge on any atom is -0.396 e. The predicted octanol–water partition coefficient (Wildman–Crippen LogP) is 3.95. The van der Waals surface area contributed by atoms with Crippen molar-refractivity contribution in [1.29, 1.82) is 0 Å². The fraction of sp³-hybridized carbons (Fsp3) is 1.00. The Labute approximate surface area is 109 Å². The Morgan fingerprint density at radius 1 is 0.706 bits per heavy atom. The van der Waals surface area contributed by atoms with Crippen LogP contribution in [0.5, 0.6) is 0 Å². The molecule has 0 aromatic heterocycles. The quantitative estimate of drug-likeness (QED) is 0.216. The molecule has 5 heteroatoms. The number of aliphatic hydroxyl groups is 1. The van der Waals surface area contributed by atoms with Crippen molar-refractivity contribution >= 4 is 12.0 Å². The molecule has 17 heavy (non-hydrogen) atoms. The van der Waals surface area contributed by atoms with Gasteiger partial charge >= 0.3 is 0 Å². The van der Waals surface area contributed by atoms with Gasteiger partial charge in [-0.05, 0) is 12.8 Å². The van der Waals surface area contributed by atoms with Crippen LogP contribution in [-0.4, -0.2) is 22.7 Å². The number of hydrogen-bond donors (Lipinski definition) is 2. The molecule has 0 radical (unpaired) electrons. The van der Waals surface area contributed by atoms with Crippen LogP contribution < -0.4 is 0 Å². The van der Waals surface area contributed by atoms with Crippen LogP contribution in [0.4, 0.5) is 0 Å². The standard InChI is InChI=1S/C12H26O4S/c13-11-9-7-5-3-1-2-4-6-8-10-12-17-16-15-14/h13-14H,1-12H2. The molecule has 0 saturated carbocycles.